The van der Waals surface area contributed by atoms with E-state index in [-0.39, 0.29) is 17.2 Å². The summed E-state index contributed by atoms with van der Waals surface area (Å²) in [6, 6.07) is 0. The maximum absolute atomic E-state index is 12.1. The van der Waals surface area contributed by atoms with Crippen molar-refractivity contribution in [3.63, 3.8) is 0 Å². The summed E-state index contributed by atoms with van der Waals surface area (Å²) in [5, 5.41) is 11.4. The Bertz CT molecular complexity index is 711. The molecule has 0 spiro atoms. The largest absolute Gasteiger partial charge is 0.437 e. The highest BCUT2D eigenvalue weighted by molar-refractivity contribution is 5.89. The van der Waals surface area contributed by atoms with Crippen molar-refractivity contribution in [2.45, 2.75) is 64.8 Å². The Balaban J connectivity index is 1.56. The summed E-state index contributed by atoms with van der Waals surface area (Å²) in [6.45, 7) is 7.52. The quantitative estimate of drug-likeness (QED) is 0.929. The number of hydrogen-bond donors (Lipinski definition) is 1. The molecule has 3 rings (SSSR count). The highest BCUT2D eigenvalue weighted by atomic mass is 16.4. The molecule has 0 aromatic carbocycles. The number of carbonyl (C=O) groups excluding carboxylic acids is 1. The van der Waals surface area contributed by atoms with Gasteiger partial charge in [-0.15, -0.1) is 10.2 Å². The predicted molar refractivity (Wildman–Crippen MR) is 88.8 cm³/mol. The van der Waals surface area contributed by atoms with Crippen molar-refractivity contribution in [2.24, 2.45) is 0 Å². The van der Waals surface area contributed by atoms with Crippen molar-refractivity contribution in [2.75, 3.05) is 6.54 Å². The molecule has 1 aliphatic rings. The Morgan fingerprint density at radius 1 is 1.29 bits per heavy atom. The molecule has 0 unspecified atom stereocenters. The van der Waals surface area contributed by atoms with Crippen LogP contribution in [0.5, 0.6) is 0 Å². The van der Waals surface area contributed by atoms with E-state index in [0.717, 1.165) is 31.0 Å². The third-order valence-electron chi connectivity index (χ3n) is 4.26. The SMILES string of the molecule is CC(C)(C)c1cnc(C(=O)NCCc2nnc3n2CCCCC3)o1. The lowest BCUT2D eigenvalue weighted by Crippen LogP contribution is -2.27. The fraction of sp³-hybridized carbons (Fsp3) is 0.647. The molecule has 2 aromatic rings. The number of nitrogens with one attached hydrogen (secondary N) is 1. The number of rotatable bonds is 4. The van der Waals surface area contributed by atoms with Gasteiger partial charge in [0.25, 0.3) is 5.89 Å². The average molecular weight is 331 g/mol. The van der Waals surface area contributed by atoms with Crippen molar-refractivity contribution in [1.29, 1.82) is 0 Å². The smallest absolute Gasteiger partial charge is 0.307 e. The van der Waals surface area contributed by atoms with Gasteiger partial charge in [0.15, 0.2) is 0 Å². The first-order chi connectivity index (χ1) is 11.4. The minimum Gasteiger partial charge on any atom is -0.437 e. The second kappa shape index (κ2) is 6.75. The van der Waals surface area contributed by atoms with Crippen LogP contribution >= 0.6 is 0 Å². The first kappa shape index (κ1) is 16.7. The molecule has 2 aromatic heterocycles. The molecule has 7 heteroatoms. The molecule has 7 nitrogen and oxygen atoms in total. The van der Waals surface area contributed by atoms with Gasteiger partial charge in [-0.3, -0.25) is 4.79 Å². The van der Waals surface area contributed by atoms with Crippen LogP contribution in [-0.2, 0) is 24.8 Å². The molecule has 130 valence electrons. The topological polar surface area (TPSA) is 85.8 Å². The number of aryl methyl sites for hydroxylation is 1. The van der Waals surface area contributed by atoms with Crippen molar-refractivity contribution in [3.05, 3.63) is 29.5 Å². The minimum atomic E-state index is -0.291. The van der Waals surface area contributed by atoms with Crippen LogP contribution in [0.1, 0.15) is 68.1 Å². The van der Waals surface area contributed by atoms with Crippen LogP contribution < -0.4 is 5.32 Å². The lowest BCUT2D eigenvalue weighted by molar-refractivity contribution is 0.0916. The van der Waals surface area contributed by atoms with E-state index in [1.165, 1.54) is 12.8 Å². The lowest BCUT2D eigenvalue weighted by Gasteiger charge is -2.13. The van der Waals surface area contributed by atoms with Crippen LogP contribution in [0.3, 0.4) is 0 Å². The van der Waals surface area contributed by atoms with Crippen LogP contribution in [0.4, 0.5) is 0 Å². The first-order valence-corrected chi connectivity index (χ1v) is 8.60. The molecule has 1 aliphatic heterocycles. The van der Waals surface area contributed by atoms with Crippen molar-refractivity contribution in [3.8, 4) is 0 Å². The highest BCUT2D eigenvalue weighted by Crippen LogP contribution is 2.22. The van der Waals surface area contributed by atoms with Crippen molar-refractivity contribution in [1.82, 2.24) is 25.1 Å². The molecule has 1 amide bonds. The minimum absolute atomic E-state index is 0.111. The van der Waals surface area contributed by atoms with Gasteiger partial charge in [-0.1, -0.05) is 27.2 Å². The van der Waals surface area contributed by atoms with Gasteiger partial charge in [0.1, 0.15) is 17.4 Å². The number of amides is 1. The number of carbonyl (C=O) groups is 1. The van der Waals surface area contributed by atoms with Gasteiger partial charge in [-0.2, -0.15) is 0 Å². The summed E-state index contributed by atoms with van der Waals surface area (Å²) >= 11 is 0. The van der Waals surface area contributed by atoms with Crippen molar-refractivity contribution >= 4 is 5.91 Å². The van der Waals surface area contributed by atoms with Gasteiger partial charge in [0.2, 0.25) is 0 Å². The van der Waals surface area contributed by atoms with E-state index < -0.39 is 0 Å². The van der Waals surface area contributed by atoms with Gasteiger partial charge < -0.3 is 14.3 Å². The molecule has 24 heavy (non-hydrogen) atoms. The number of hydrogen-bond acceptors (Lipinski definition) is 5. The third kappa shape index (κ3) is 3.66. The fourth-order valence-electron chi connectivity index (χ4n) is 2.82. The molecule has 0 atom stereocenters. The van der Waals surface area contributed by atoms with Gasteiger partial charge >= 0.3 is 5.91 Å². The van der Waals surface area contributed by atoms with Gasteiger partial charge in [-0.05, 0) is 12.8 Å². The zero-order valence-corrected chi connectivity index (χ0v) is 14.6. The lowest BCUT2D eigenvalue weighted by atomic mass is 9.94. The summed E-state index contributed by atoms with van der Waals surface area (Å²) in [5.41, 5.74) is -0.162. The van der Waals surface area contributed by atoms with Crippen LogP contribution in [0.15, 0.2) is 10.6 Å². The number of fused-ring (bicyclic) bond motifs is 1. The summed E-state index contributed by atoms with van der Waals surface area (Å²) in [6.07, 6.45) is 6.84. The second-order valence-corrected chi connectivity index (χ2v) is 7.28. The predicted octanol–water partition coefficient (Wildman–Crippen LogP) is 2.26. The van der Waals surface area contributed by atoms with E-state index in [0.29, 0.717) is 18.7 Å². The maximum atomic E-state index is 12.1. The first-order valence-electron chi connectivity index (χ1n) is 8.60. The van der Waals surface area contributed by atoms with Crippen LogP contribution in [-0.4, -0.2) is 32.2 Å². The van der Waals surface area contributed by atoms with E-state index in [4.69, 9.17) is 4.42 Å². The summed E-state index contributed by atoms with van der Waals surface area (Å²) < 4.78 is 7.74. The number of nitrogens with zero attached hydrogens (tertiary/aromatic N) is 4. The highest BCUT2D eigenvalue weighted by Gasteiger charge is 2.22. The summed E-state index contributed by atoms with van der Waals surface area (Å²) in [5.74, 6) is 2.53. The standard InChI is InChI=1S/C17H25N5O2/c1-17(2,3)12-11-19-16(24-12)15(23)18-9-8-14-21-20-13-7-5-4-6-10-22(13)14/h11H,4-10H2,1-3H3,(H,18,23). The normalized spacial score (nSPS) is 15.0. The molecule has 0 saturated heterocycles. The van der Waals surface area contributed by atoms with E-state index >= 15 is 0 Å². The average Bonchev–Trinajstić information content (AvgIpc) is 3.10. The Kier molecular flexibility index (Phi) is 4.69. The van der Waals surface area contributed by atoms with Gasteiger partial charge in [0, 0.05) is 31.3 Å². The molecule has 0 bridgehead atoms. The van der Waals surface area contributed by atoms with Crippen LogP contribution in [0, 0.1) is 0 Å². The van der Waals surface area contributed by atoms with Crippen molar-refractivity contribution < 1.29 is 9.21 Å². The van der Waals surface area contributed by atoms with E-state index in [1.54, 1.807) is 6.20 Å². The Labute approximate surface area is 141 Å². The molecule has 0 aliphatic carbocycles. The third-order valence-corrected chi connectivity index (χ3v) is 4.26. The molecule has 0 saturated carbocycles. The molecule has 0 fully saturated rings. The van der Waals surface area contributed by atoms with E-state index in [9.17, 15) is 4.79 Å². The summed E-state index contributed by atoms with van der Waals surface area (Å²) in [4.78, 5) is 16.2. The maximum Gasteiger partial charge on any atom is 0.307 e. The molecular formula is C17H25N5O2. The van der Waals surface area contributed by atoms with Crippen LogP contribution in [0.2, 0.25) is 0 Å². The van der Waals surface area contributed by atoms with E-state index in [2.05, 4.69) is 25.1 Å². The molecular weight excluding hydrogens is 306 g/mol. The monoisotopic (exact) mass is 331 g/mol. The molecule has 3 heterocycles. The Morgan fingerprint density at radius 3 is 2.88 bits per heavy atom. The Morgan fingerprint density at radius 2 is 2.12 bits per heavy atom. The fourth-order valence-corrected chi connectivity index (χ4v) is 2.82. The zero-order valence-electron chi connectivity index (χ0n) is 14.6. The van der Waals surface area contributed by atoms with Gasteiger partial charge in [-0.25, -0.2) is 4.98 Å². The molecule has 1 N–H and O–H groups in total. The van der Waals surface area contributed by atoms with Crippen LogP contribution in [0.25, 0.3) is 0 Å². The second-order valence-electron chi connectivity index (χ2n) is 7.28. The summed E-state index contributed by atoms with van der Waals surface area (Å²) in [7, 11) is 0. The number of oxazole rings is 1. The number of aromatic nitrogens is 4. The van der Waals surface area contributed by atoms with E-state index in [1.807, 2.05) is 20.8 Å². The van der Waals surface area contributed by atoms with Gasteiger partial charge in [0.05, 0.1) is 6.20 Å². The Hall–Kier alpha value is -2.18. The zero-order chi connectivity index (χ0) is 17.2. The molecule has 0 radical (unpaired) electrons.